The van der Waals surface area contributed by atoms with Crippen LogP contribution in [-0.2, 0) is 9.84 Å². The maximum absolute atomic E-state index is 10.2. The molecule has 1 unspecified atom stereocenters. The van der Waals surface area contributed by atoms with Gasteiger partial charge in [0.05, 0.1) is 0 Å². The third-order valence-electron chi connectivity index (χ3n) is 0.610. The fourth-order valence-electron chi connectivity index (χ4n) is 0.321. The normalized spacial score (nSPS) is 13.9. The van der Waals surface area contributed by atoms with Gasteiger partial charge < -0.3 is 4.74 Å². The van der Waals surface area contributed by atoms with Gasteiger partial charge in [-0.3, -0.25) is 0 Å². The fraction of sp³-hybridized carbons (Fsp3) is 0.833. The topological polar surface area (TPSA) is 29.1 Å². The molecule has 0 aromatic rings. The number of rotatable bonds is 4. The summed E-state index contributed by atoms with van der Waals surface area (Å²) < 4.78 is 4.81. The van der Waals surface area contributed by atoms with Crippen LogP contribution >= 0.6 is 0 Å². The monoisotopic (exact) mass is 116 g/mol. The molecule has 0 amide bonds. The molecular formula is C6H12O2. The molecule has 0 saturated heterocycles. The van der Waals surface area contributed by atoms with Crippen molar-refractivity contribution in [2.45, 2.75) is 26.4 Å². The second-order valence-corrected chi connectivity index (χ2v) is 1.71. The Morgan fingerprint density at radius 1 is 1.75 bits per heavy atom. The lowest BCUT2D eigenvalue weighted by atomic mass is 10.4. The van der Waals surface area contributed by atoms with E-state index < -0.39 is 6.10 Å². The van der Waals surface area contributed by atoms with E-state index in [-0.39, 0.29) is 0 Å². The molecule has 0 aliphatic carbocycles. The average Bonchev–Trinajstić information content (AvgIpc) is 1.66. The van der Waals surface area contributed by atoms with Gasteiger partial charge in [0.1, 0.15) is 12.7 Å². The first kappa shape index (κ1) is 7.92. The zero-order chi connectivity index (χ0) is 6.41. The van der Waals surface area contributed by atoms with E-state index in [1.807, 2.05) is 6.92 Å². The minimum absolute atomic E-state index is 0.659. The molecule has 8 heavy (non-hydrogen) atoms. The predicted molar refractivity (Wildman–Crippen MR) is 30.7 cm³/mol. The first-order valence-electron chi connectivity index (χ1n) is 2.88. The smallest absolute Gasteiger partial charge is 0.119 e. The van der Waals surface area contributed by atoms with Crippen LogP contribution < -0.4 is 0 Å². The molecule has 0 heterocycles. The highest BCUT2D eigenvalue weighted by Crippen LogP contribution is 1.90. The number of ether oxygens (including phenoxy) is 1. The summed E-state index contributed by atoms with van der Waals surface area (Å²) in [6.45, 7) is 5.54. The van der Waals surface area contributed by atoms with Gasteiger partial charge in [-0.05, 0) is 13.3 Å². The molecular weight excluding hydrogens is 104 g/mol. The van der Waals surface area contributed by atoms with Crippen molar-refractivity contribution in [3.63, 3.8) is 0 Å². The largest absolute Gasteiger partial charge is 0.373 e. The summed E-state index contributed by atoms with van der Waals surface area (Å²) in [5.41, 5.74) is 0. The Balaban J connectivity index is 2.72. The molecule has 0 spiro atoms. The summed E-state index contributed by atoms with van der Waals surface area (Å²) in [7, 11) is 0. The third-order valence-corrected chi connectivity index (χ3v) is 0.610. The van der Waals surface area contributed by atoms with Crippen molar-refractivity contribution in [2.24, 2.45) is 0 Å². The summed E-state index contributed by atoms with van der Waals surface area (Å²) >= 11 is 0. The van der Waals surface area contributed by atoms with Crippen LogP contribution in [0.4, 0.5) is 0 Å². The van der Waals surface area contributed by atoms with E-state index in [0.717, 1.165) is 6.42 Å². The van der Waals surface area contributed by atoms with Crippen molar-refractivity contribution in [1.82, 2.24) is 0 Å². The number of hydrogen-bond acceptors (Lipinski definition) is 1. The molecule has 0 saturated carbocycles. The zero-order valence-electron chi connectivity index (χ0n) is 5.39. The SMILES string of the molecule is CCCO[CH]C(C)[O]. The molecule has 48 valence electrons. The van der Waals surface area contributed by atoms with Crippen LogP contribution in [0.15, 0.2) is 0 Å². The van der Waals surface area contributed by atoms with Gasteiger partial charge in [0.25, 0.3) is 0 Å². The Labute approximate surface area is 50.5 Å². The van der Waals surface area contributed by atoms with Gasteiger partial charge in [0.2, 0.25) is 0 Å². The van der Waals surface area contributed by atoms with Crippen molar-refractivity contribution in [2.75, 3.05) is 6.61 Å². The lowest BCUT2D eigenvalue weighted by Gasteiger charge is -1.99. The van der Waals surface area contributed by atoms with E-state index in [2.05, 4.69) is 0 Å². The Hall–Kier alpha value is -0.0800. The van der Waals surface area contributed by atoms with E-state index in [4.69, 9.17) is 4.74 Å². The fourth-order valence-corrected chi connectivity index (χ4v) is 0.321. The van der Waals surface area contributed by atoms with Crippen molar-refractivity contribution in [1.29, 1.82) is 0 Å². The lowest BCUT2D eigenvalue weighted by molar-refractivity contribution is 0.0550. The molecule has 0 aromatic heterocycles. The summed E-state index contributed by atoms with van der Waals surface area (Å²) in [6, 6.07) is 0. The highest BCUT2D eigenvalue weighted by Gasteiger charge is 1.95. The molecule has 1 atom stereocenters. The van der Waals surface area contributed by atoms with E-state index in [9.17, 15) is 5.11 Å². The lowest BCUT2D eigenvalue weighted by Crippen LogP contribution is -2.02. The van der Waals surface area contributed by atoms with Crippen molar-refractivity contribution >= 4 is 0 Å². The van der Waals surface area contributed by atoms with Gasteiger partial charge in [0, 0.05) is 6.61 Å². The van der Waals surface area contributed by atoms with Crippen LogP contribution in [-0.4, -0.2) is 12.7 Å². The molecule has 2 radical (unpaired) electrons. The predicted octanol–water partition coefficient (Wildman–Crippen LogP) is 1.39. The van der Waals surface area contributed by atoms with Crippen LogP contribution in [0.1, 0.15) is 20.3 Å². The van der Waals surface area contributed by atoms with Gasteiger partial charge >= 0.3 is 0 Å². The highest BCUT2D eigenvalue weighted by atomic mass is 16.5. The van der Waals surface area contributed by atoms with Crippen LogP contribution in [0.3, 0.4) is 0 Å². The van der Waals surface area contributed by atoms with Crippen molar-refractivity contribution in [3.8, 4) is 0 Å². The first-order valence-corrected chi connectivity index (χ1v) is 2.88. The van der Waals surface area contributed by atoms with E-state index in [1.54, 1.807) is 6.92 Å². The van der Waals surface area contributed by atoms with Gasteiger partial charge in [-0.25, -0.2) is 5.11 Å². The molecule has 0 N–H and O–H groups in total. The van der Waals surface area contributed by atoms with Crippen LogP contribution in [0.5, 0.6) is 0 Å². The van der Waals surface area contributed by atoms with Crippen LogP contribution in [0.25, 0.3) is 0 Å². The molecule has 0 aromatic carbocycles. The van der Waals surface area contributed by atoms with E-state index in [0.29, 0.717) is 6.61 Å². The maximum Gasteiger partial charge on any atom is 0.119 e. The van der Waals surface area contributed by atoms with Gasteiger partial charge in [0.15, 0.2) is 0 Å². The molecule has 2 heteroatoms. The zero-order valence-corrected chi connectivity index (χ0v) is 5.39. The Bertz CT molecular complexity index is 43.8. The molecule has 0 bridgehead atoms. The Kier molecular flexibility index (Phi) is 5.01. The van der Waals surface area contributed by atoms with E-state index >= 15 is 0 Å². The summed E-state index contributed by atoms with van der Waals surface area (Å²) in [5, 5.41) is 10.2. The minimum atomic E-state index is -0.693. The van der Waals surface area contributed by atoms with Crippen LogP contribution in [0.2, 0.25) is 0 Å². The Morgan fingerprint density at radius 3 is 2.75 bits per heavy atom. The van der Waals surface area contributed by atoms with Crippen molar-refractivity contribution in [3.05, 3.63) is 6.61 Å². The molecule has 2 nitrogen and oxygen atoms in total. The molecule has 0 aliphatic heterocycles. The van der Waals surface area contributed by atoms with Crippen LogP contribution in [0, 0.1) is 6.61 Å². The van der Waals surface area contributed by atoms with Gasteiger partial charge in [-0.1, -0.05) is 6.92 Å². The maximum atomic E-state index is 10.2. The van der Waals surface area contributed by atoms with E-state index in [1.165, 1.54) is 6.61 Å². The summed E-state index contributed by atoms with van der Waals surface area (Å²) in [6.07, 6.45) is 0.269. The molecule has 0 rings (SSSR count). The molecule has 0 fully saturated rings. The standard InChI is InChI=1S/C6H12O2/c1-3-4-8-5-6(2)7/h5-6H,3-4H2,1-2H3. The quantitative estimate of drug-likeness (QED) is 0.510. The summed E-state index contributed by atoms with van der Waals surface area (Å²) in [4.78, 5) is 0. The van der Waals surface area contributed by atoms with Gasteiger partial charge in [-0.2, -0.15) is 0 Å². The highest BCUT2D eigenvalue weighted by molar-refractivity contribution is 4.56. The minimum Gasteiger partial charge on any atom is -0.373 e. The molecule has 0 aliphatic rings. The first-order chi connectivity index (χ1) is 3.77. The number of hydrogen-bond donors (Lipinski definition) is 0. The van der Waals surface area contributed by atoms with Gasteiger partial charge in [-0.15, -0.1) is 0 Å². The average molecular weight is 116 g/mol. The Morgan fingerprint density at radius 2 is 2.38 bits per heavy atom. The van der Waals surface area contributed by atoms with Crippen molar-refractivity contribution < 1.29 is 9.84 Å². The third kappa shape index (κ3) is 5.92. The summed E-state index contributed by atoms with van der Waals surface area (Å²) in [5.74, 6) is 0. The second-order valence-electron chi connectivity index (χ2n) is 1.71. The second kappa shape index (κ2) is 5.06.